The average Bonchev–Trinajstić information content (AvgIpc) is 2.45. The van der Waals surface area contributed by atoms with E-state index in [0.29, 0.717) is 4.47 Å². The monoisotopic (exact) mass is 344 g/mol. The topological polar surface area (TPSA) is 94.6 Å². The van der Waals surface area contributed by atoms with Gasteiger partial charge in [-0.3, -0.25) is 9.59 Å². The highest BCUT2D eigenvalue weighted by atomic mass is 79.9. The highest BCUT2D eigenvalue weighted by molar-refractivity contribution is 9.10. The number of carbonyl (C=O) groups is 3. The van der Waals surface area contributed by atoms with Crippen LogP contribution in [-0.2, 0) is 19.1 Å². The summed E-state index contributed by atoms with van der Waals surface area (Å²) in [5.74, 6) is -1.48. The van der Waals surface area contributed by atoms with E-state index in [1.54, 1.807) is 0 Å². The predicted molar refractivity (Wildman–Crippen MR) is 73.2 cm³/mol. The fourth-order valence-corrected chi connectivity index (χ4v) is 1.65. The Bertz CT molecular complexity index is 533. The second kappa shape index (κ2) is 7.59. The molecule has 1 N–H and O–H groups in total. The number of rotatable bonds is 5. The highest BCUT2D eigenvalue weighted by Crippen LogP contribution is 2.19. The molecule has 0 atom stereocenters. The molecule has 1 aromatic heterocycles. The minimum absolute atomic E-state index is 0.0492. The van der Waals surface area contributed by atoms with Gasteiger partial charge in [-0.1, -0.05) is 0 Å². The van der Waals surface area contributed by atoms with Crippen LogP contribution in [0.1, 0.15) is 23.2 Å². The lowest BCUT2D eigenvalue weighted by Crippen LogP contribution is -2.17. The molecule has 0 unspecified atom stereocenters. The van der Waals surface area contributed by atoms with Crippen LogP contribution in [-0.4, -0.2) is 37.0 Å². The molecule has 0 fully saturated rings. The Hall–Kier alpha value is -1.96. The minimum Gasteiger partial charge on any atom is -0.469 e. The van der Waals surface area contributed by atoms with Gasteiger partial charge in [-0.25, -0.2) is 9.78 Å². The van der Waals surface area contributed by atoms with Gasteiger partial charge in [0.15, 0.2) is 0 Å². The van der Waals surface area contributed by atoms with E-state index in [9.17, 15) is 14.4 Å². The maximum Gasteiger partial charge on any atom is 0.341 e. The first-order chi connectivity index (χ1) is 9.47. The molecular formula is C12H13BrN2O5. The Morgan fingerprint density at radius 1 is 1.25 bits per heavy atom. The quantitative estimate of drug-likeness (QED) is 0.813. The zero-order chi connectivity index (χ0) is 15.1. The van der Waals surface area contributed by atoms with Crippen molar-refractivity contribution >= 4 is 39.6 Å². The maximum absolute atomic E-state index is 11.7. The molecule has 1 amide bonds. The zero-order valence-electron chi connectivity index (χ0n) is 10.9. The van der Waals surface area contributed by atoms with E-state index in [4.69, 9.17) is 0 Å². The van der Waals surface area contributed by atoms with Crippen LogP contribution >= 0.6 is 15.9 Å². The normalized spacial score (nSPS) is 9.75. The molecule has 0 saturated heterocycles. The smallest absolute Gasteiger partial charge is 0.341 e. The summed E-state index contributed by atoms with van der Waals surface area (Å²) in [5.41, 5.74) is 0.119. The molecule has 7 nitrogen and oxygen atoms in total. The average molecular weight is 345 g/mol. The molecule has 0 aliphatic heterocycles. The third-order valence-corrected chi connectivity index (χ3v) is 2.73. The lowest BCUT2D eigenvalue weighted by atomic mass is 10.2. The van der Waals surface area contributed by atoms with Gasteiger partial charge in [0.25, 0.3) is 0 Å². The van der Waals surface area contributed by atoms with Crippen LogP contribution in [0.15, 0.2) is 16.7 Å². The molecule has 20 heavy (non-hydrogen) atoms. The van der Waals surface area contributed by atoms with Crippen molar-refractivity contribution in [3.8, 4) is 0 Å². The first kappa shape index (κ1) is 16.1. The number of hydrogen-bond acceptors (Lipinski definition) is 6. The number of nitrogens with one attached hydrogen (secondary N) is 1. The van der Waals surface area contributed by atoms with Crippen LogP contribution in [0.25, 0.3) is 0 Å². The van der Waals surface area contributed by atoms with Crippen molar-refractivity contribution in [3.63, 3.8) is 0 Å². The van der Waals surface area contributed by atoms with Crippen molar-refractivity contribution in [3.05, 3.63) is 22.3 Å². The summed E-state index contributed by atoms with van der Waals surface area (Å²) in [6.45, 7) is 0. The molecule has 1 heterocycles. The number of ether oxygens (including phenoxy) is 2. The Balaban J connectivity index is 2.79. The van der Waals surface area contributed by atoms with Gasteiger partial charge in [0.2, 0.25) is 5.91 Å². The fraction of sp³-hybridized carbons (Fsp3) is 0.333. The summed E-state index contributed by atoms with van der Waals surface area (Å²) in [4.78, 5) is 38.1. The lowest BCUT2D eigenvalue weighted by Gasteiger charge is -2.08. The number of carbonyl (C=O) groups excluding carboxylic acids is 3. The van der Waals surface area contributed by atoms with Crippen LogP contribution < -0.4 is 5.32 Å². The number of aromatic nitrogens is 1. The van der Waals surface area contributed by atoms with Crippen LogP contribution in [0.2, 0.25) is 0 Å². The number of methoxy groups -OCH3 is 2. The Kier molecular flexibility index (Phi) is 6.10. The molecule has 0 bridgehead atoms. The second-order valence-corrected chi connectivity index (χ2v) is 4.58. The number of hydrogen-bond donors (Lipinski definition) is 1. The largest absolute Gasteiger partial charge is 0.469 e. The Morgan fingerprint density at radius 3 is 2.55 bits per heavy atom. The maximum atomic E-state index is 11.7. The number of pyridine rings is 1. The molecule has 1 rings (SSSR count). The Labute approximate surface area is 123 Å². The summed E-state index contributed by atoms with van der Waals surface area (Å²) in [5, 5.41) is 2.45. The van der Waals surface area contributed by atoms with Crippen molar-refractivity contribution in [2.45, 2.75) is 12.8 Å². The van der Waals surface area contributed by atoms with Crippen LogP contribution in [0.4, 0.5) is 5.82 Å². The van der Waals surface area contributed by atoms with Gasteiger partial charge in [-0.05, 0) is 22.0 Å². The minimum atomic E-state index is -0.623. The highest BCUT2D eigenvalue weighted by Gasteiger charge is 2.16. The molecule has 0 spiro atoms. The van der Waals surface area contributed by atoms with Gasteiger partial charge in [-0.15, -0.1) is 0 Å². The van der Waals surface area contributed by atoms with E-state index in [2.05, 4.69) is 35.7 Å². The first-order valence-electron chi connectivity index (χ1n) is 5.58. The molecule has 0 aliphatic rings. The van der Waals surface area contributed by atoms with Gasteiger partial charge in [0, 0.05) is 17.1 Å². The van der Waals surface area contributed by atoms with Crippen molar-refractivity contribution in [2.75, 3.05) is 19.5 Å². The van der Waals surface area contributed by atoms with Crippen molar-refractivity contribution in [2.24, 2.45) is 0 Å². The Morgan fingerprint density at radius 2 is 1.95 bits per heavy atom. The summed E-state index contributed by atoms with van der Waals surface area (Å²) < 4.78 is 9.61. The lowest BCUT2D eigenvalue weighted by molar-refractivity contribution is -0.141. The molecule has 108 valence electrons. The summed E-state index contributed by atoms with van der Waals surface area (Å²) in [6, 6.07) is 1.48. The van der Waals surface area contributed by atoms with E-state index < -0.39 is 17.8 Å². The van der Waals surface area contributed by atoms with E-state index >= 15 is 0 Å². The standard InChI is InChI=1S/C12H13BrN2O5/c1-19-10(17)4-3-9(16)15-11-8(12(18)20-2)5-7(13)6-14-11/h5-6H,3-4H2,1-2H3,(H,14,15,16). The SMILES string of the molecule is COC(=O)CCC(=O)Nc1ncc(Br)cc1C(=O)OC. The molecular weight excluding hydrogens is 332 g/mol. The van der Waals surface area contributed by atoms with Crippen molar-refractivity contribution < 1.29 is 23.9 Å². The molecule has 8 heteroatoms. The van der Waals surface area contributed by atoms with Gasteiger partial charge in [0.1, 0.15) is 11.4 Å². The number of amides is 1. The van der Waals surface area contributed by atoms with Gasteiger partial charge >= 0.3 is 11.9 Å². The van der Waals surface area contributed by atoms with Crippen LogP contribution in [0.3, 0.4) is 0 Å². The van der Waals surface area contributed by atoms with E-state index in [0.717, 1.165) is 0 Å². The van der Waals surface area contributed by atoms with E-state index in [1.807, 2.05) is 0 Å². The first-order valence-corrected chi connectivity index (χ1v) is 6.37. The second-order valence-electron chi connectivity index (χ2n) is 3.67. The number of anilines is 1. The number of esters is 2. The number of nitrogens with zero attached hydrogens (tertiary/aromatic N) is 1. The van der Waals surface area contributed by atoms with Gasteiger partial charge in [0.05, 0.1) is 20.6 Å². The molecule has 0 aromatic carbocycles. The molecule has 0 radical (unpaired) electrons. The van der Waals surface area contributed by atoms with Crippen LogP contribution in [0.5, 0.6) is 0 Å². The zero-order valence-corrected chi connectivity index (χ0v) is 12.5. The van der Waals surface area contributed by atoms with Gasteiger partial charge < -0.3 is 14.8 Å². The van der Waals surface area contributed by atoms with Crippen molar-refractivity contribution in [1.82, 2.24) is 4.98 Å². The van der Waals surface area contributed by atoms with Crippen molar-refractivity contribution in [1.29, 1.82) is 0 Å². The molecule has 0 aliphatic carbocycles. The summed E-state index contributed by atoms with van der Waals surface area (Å²) in [7, 11) is 2.47. The summed E-state index contributed by atoms with van der Waals surface area (Å²) >= 11 is 3.17. The summed E-state index contributed by atoms with van der Waals surface area (Å²) in [6.07, 6.45) is 1.32. The van der Waals surface area contributed by atoms with Crippen LogP contribution in [0, 0.1) is 0 Å². The van der Waals surface area contributed by atoms with E-state index in [1.165, 1.54) is 26.5 Å². The predicted octanol–water partition coefficient (Wildman–Crippen LogP) is 1.52. The molecule has 1 aromatic rings. The van der Waals surface area contributed by atoms with Gasteiger partial charge in [-0.2, -0.15) is 0 Å². The third kappa shape index (κ3) is 4.61. The molecule has 0 saturated carbocycles. The van der Waals surface area contributed by atoms with E-state index in [-0.39, 0.29) is 24.2 Å². The third-order valence-electron chi connectivity index (χ3n) is 2.30. The number of halogens is 1. The fourth-order valence-electron chi connectivity index (χ4n) is 1.32.